The number of nitrogens with zero attached hydrogens (tertiary/aromatic N) is 2. The second kappa shape index (κ2) is 5.47. The van der Waals surface area contributed by atoms with Gasteiger partial charge in [0.25, 0.3) is 0 Å². The third-order valence-electron chi connectivity index (χ3n) is 3.13. The Morgan fingerprint density at radius 1 is 0.850 bits per heavy atom. The number of benzene rings is 2. The van der Waals surface area contributed by atoms with Gasteiger partial charge in [-0.3, -0.25) is 0 Å². The molecule has 0 atom stereocenters. The van der Waals surface area contributed by atoms with Crippen LogP contribution in [-0.2, 0) is 0 Å². The molecule has 0 radical (unpaired) electrons. The normalized spacial score (nSPS) is 9.65. The zero-order chi connectivity index (χ0) is 14.7. The van der Waals surface area contributed by atoms with E-state index in [1.54, 1.807) is 24.3 Å². The Kier molecular flexibility index (Phi) is 3.73. The van der Waals surface area contributed by atoms with Crippen molar-refractivity contribution in [3.05, 3.63) is 58.1 Å². The molecule has 0 aliphatic rings. The van der Waals surface area contributed by atoms with Crippen LogP contribution in [0.4, 0.5) is 0 Å². The van der Waals surface area contributed by atoms with Crippen molar-refractivity contribution >= 4 is 0 Å². The molecule has 2 aromatic rings. The Morgan fingerprint density at radius 2 is 1.50 bits per heavy atom. The Hall–Kier alpha value is -2.78. The van der Waals surface area contributed by atoms with Crippen molar-refractivity contribution in [2.75, 3.05) is 0 Å². The predicted molar refractivity (Wildman–Crippen MR) is 76.6 cm³/mol. The summed E-state index contributed by atoms with van der Waals surface area (Å²) in [6.07, 6.45) is 0. The molecule has 0 bridgehead atoms. The van der Waals surface area contributed by atoms with Gasteiger partial charge in [0.05, 0.1) is 23.3 Å². The zero-order valence-electron chi connectivity index (χ0n) is 11.7. The highest BCUT2D eigenvalue weighted by Crippen LogP contribution is 2.30. The van der Waals surface area contributed by atoms with E-state index in [2.05, 4.69) is 12.1 Å². The van der Waals surface area contributed by atoms with Crippen LogP contribution in [0.5, 0.6) is 11.5 Å². The van der Waals surface area contributed by atoms with Crippen LogP contribution in [0.15, 0.2) is 30.3 Å². The molecule has 20 heavy (non-hydrogen) atoms. The van der Waals surface area contributed by atoms with Crippen LogP contribution in [0, 0.1) is 43.4 Å². The van der Waals surface area contributed by atoms with E-state index in [-0.39, 0.29) is 0 Å². The molecule has 0 fully saturated rings. The first-order chi connectivity index (χ1) is 9.55. The molecule has 0 spiro atoms. The van der Waals surface area contributed by atoms with Crippen LogP contribution in [0.25, 0.3) is 0 Å². The van der Waals surface area contributed by atoms with Gasteiger partial charge >= 0.3 is 0 Å². The van der Waals surface area contributed by atoms with Crippen LogP contribution in [0.1, 0.15) is 27.8 Å². The van der Waals surface area contributed by atoms with Crippen molar-refractivity contribution in [2.24, 2.45) is 0 Å². The Balaban J connectivity index is 2.39. The summed E-state index contributed by atoms with van der Waals surface area (Å²) >= 11 is 0. The fraction of sp³-hybridized carbons (Fsp3) is 0.176. The third-order valence-corrected chi connectivity index (χ3v) is 3.13. The lowest BCUT2D eigenvalue weighted by Crippen LogP contribution is -1.93. The highest BCUT2D eigenvalue weighted by atomic mass is 16.5. The summed E-state index contributed by atoms with van der Waals surface area (Å²) in [4.78, 5) is 0. The van der Waals surface area contributed by atoms with E-state index in [0.717, 1.165) is 22.4 Å². The Morgan fingerprint density at radius 3 is 2.00 bits per heavy atom. The van der Waals surface area contributed by atoms with Gasteiger partial charge in [0, 0.05) is 0 Å². The first-order valence-corrected chi connectivity index (χ1v) is 6.25. The Bertz CT molecular complexity index is 726. The molecule has 0 saturated carbocycles. The lowest BCUT2D eigenvalue weighted by molar-refractivity contribution is 0.474. The van der Waals surface area contributed by atoms with Crippen LogP contribution in [0.2, 0.25) is 0 Å². The molecule has 2 aromatic carbocycles. The zero-order valence-corrected chi connectivity index (χ0v) is 11.7. The monoisotopic (exact) mass is 262 g/mol. The second-order valence-electron chi connectivity index (χ2n) is 4.74. The van der Waals surface area contributed by atoms with Crippen molar-refractivity contribution in [3.63, 3.8) is 0 Å². The largest absolute Gasteiger partial charge is 0.457 e. The molecule has 0 aliphatic carbocycles. The van der Waals surface area contributed by atoms with Gasteiger partial charge in [-0.25, -0.2) is 0 Å². The molecule has 0 amide bonds. The maximum absolute atomic E-state index is 8.94. The van der Waals surface area contributed by atoms with Crippen molar-refractivity contribution in [2.45, 2.75) is 20.8 Å². The van der Waals surface area contributed by atoms with Crippen LogP contribution in [-0.4, -0.2) is 0 Å². The van der Waals surface area contributed by atoms with Crippen LogP contribution >= 0.6 is 0 Å². The van der Waals surface area contributed by atoms with Gasteiger partial charge in [-0.2, -0.15) is 10.5 Å². The lowest BCUT2D eigenvalue weighted by atomic mass is 10.1. The molecule has 0 N–H and O–H groups in total. The first-order valence-electron chi connectivity index (χ1n) is 6.25. The number of hydrogen-bond acceptors (Lipinski definition) is 3. The van der Waals surface area contributed by atoms with E-state index in [4.69, 9.17) is 15.3 Å². The molecule has 0 aromatic heterocycles. The summed E-state index contributed by atoms with van der Waals surface area (Å²) in [5.41, 5.74) is 4.00. The lowest BCUT2D eigenvalue weighted by Gasteiger charge is -2.13. The van der Waals surface area contributed by atoms with Gasteiger partial charge in [0.1, 0.15) is 11.5 Å². The summed E-state index contributed by atoms with van der Waals surface area (Å²) in [6.45, 7) is 5.71. The van der Waals surface area contributed by atoms with E-state index in [0.29, 0.717) is 16.9 Å². The summed E-state index contributed by atoms with van der Waals surface area (Å²) in [5, 5.41) is 17.9. The number of hydrogen-bond donors (Lipinski definition) is 0. The van der Waals surface area contributed by atoms with Crippen molar-refractivity contribution in [1.82, 2.24) is 0 Å². The molecule has 0 aliphatic heterocycles. The van der Waals surface area contributed by atoms with Gasteiger partial charge in [-0.15, -0.1) is 0 Å². The molecule has 0 heterocycles. The number of rotatable bonds is 2. The van der Waals surface area contributed by atoms with Gasteiger partial charge < -0.3 is 4.74 Å². The summed E-state index contributed by atoms with van der Waals surface area (Å²) in [7, 11) is 0. The average molecular weight is 262 g/mol. The molecule has 98 valence electrons. The molecule has 3 nitrogen and oxygen atoms in total. The molecular weight excluding hydrogens is 248 g/mol. The fourth-order valence-electron chi connectivity index (χ4n) is 2.12. The van der Waals surface area contributed by atoms with Gasteiger partial charge in [0.2, 0.25) is 0 Å². The third kappa shape index (κ3) is 2.63. The molecule has 0 saturated heterocycles. The topological polar surface area (TPSA) is 56.8 Å². The summed E-state index contributed by atoms with van der Waals surface area (Å²) in [5.74, 6) is 1.45. The summed E-state index contributed by atoms with van der Waals surface area (Å²) < 4.78 is 5.90. The number of aryl methyl sites for hydroxylation is 3. The Labute approximate surface area is 118 Å². The smallest absolute Gasteiger partial charge is 0.133 e. The second-order valence-corrected chi connectivity index (χ2v) is 4.74. The van der Waals surface area contributed by atoms with Gasteiger partial charge in [-0.05, 0) is 67.8 Å². The first kappa shape index (κ1) is 13.6. The minimum atomic E-state index is 0.628. The van der Waals surface area contributed by atoms with Crippen molar-refractivity contribution in [1.29, 1.82) is 10.5 Å². The van der Waals surface area contributed by atoms with Crippen molar-refractivity contribution < 1.29 is 4.74 Å². The van der Waals surface area contributed by atoms with Gasteiger partial charge in [-0.1, -0.05) is 0 Å². The number of nitriles is 2. The van der Waals surface area contributed by atoms with Crippen molar-refractivity contribution in [3.8, 4) is 23.6 Å². The molecular formula is C17H14N2O. The minimum absolute atomic E-state index is 0.628. The predicted octanol–water partition coefficient (Wildman–Crippen LogP) is 4.15. The SMILES string of the molecule is Cc1cc(Oc2c(C)cc(C#N)cc2C)ccc1C#N. The highest BCUT2D eigenvalue weighted by molar-refractivity contribution is 5.50. The molecule has 0 unspecified atom stereocenters. The van der Waals surface area contributed by atoms with Crippen LogP contribution in [0.3, 0.4) is 0 Å². The molecule has 3 heteroatoms. The van der Waals surface area contributed by atoms with E-state index in [1.807, 2.05) is 26.8 Å². The van der Waals surface area contributed by atoms with E-state index in [1.165, 1.54) is 0 Å². The average Bonchev–Trinajstić information content (AvgIpc) is 2.42. The fourth-order valence-corrected chi connectivity index (χ4v) is 2.12. The number of ether oxygens (including phenoxy) is 1. The standard InChI is InChI=1S/C17H14N2O/c1-11-8-16(5-4-15(11)10-19)20-17-12(2)6-14(9-18)7-13(17)3/h4-8H,1-3H3. The highest BCUT2D eigenvalue weighted by Gasteiger charge is 2.08. The maximum Gasteiger partial charge on any atom is 0.133 e. The molecule has 2 rings (SSSR count). The van der Waals surface area contributed by atoms with Crippen LogP contribution < -0.4 is 4.74 Å². The minimum Gasteiger partial charge on any atom is -0.457 e. The quantitative estimate of drug-likeness (QED) is 0.817. The van der Waals surface area contributed by atoms with Gasteiger partial charge in [0.15, 0.2) is 0 Å². The summed E-state index contributed by atoms with van der Waals surface area (Å²) in [6, 6.07) is 13.2. The maximum atomic E-state index is 8.94. The van der Waals surface area contributed by atoms with E-state index >= 15 is 0 Å². The van der Waals surface area contributed by atoms with E-state index < -0.39 is 0 Å². The van der Waals surface area contributed by atoms with E-state index in [9.17, 15) is 0 Å².